The van der Waals surface area contributed by atoms with Crippen molar-refractivity contribution in [2.75, 3.05) is 19.8 Å². The lowest BCUT2D eigenvalue weighted by atomic mass is 10.0. The first-order valence-electron chi connectivity index (χ1n) is 18.8. The lowest BCUT2D eigenvalue weighted by Gasteiger charge is -2.23. The van der Waals surface area contributed by atoms with Gasteiger partial charge in [0.1, 0.15) is 0 Å². The Hall–Kier alpha value is -0.760. The molecule has 0 aromatic carbocycles. The first-order chi connectivity index (χ1) is 21.9. The van der Waals surface area contributed by atoms with Crippen LogP contribution in [0.3, 0.4) is 0 Å². The predicted molar refractivity (Wildman–Crippen MR) is 189 cm³/mol. The minimum Gasteiger partial charge on any atom is -0.387 e. The van der Waals surface area contributed by atoms with Crippen LogP contribution >= 0.6 is 7.82 Å². The number of phosphoric ester groups is 1. The fraction of sp³-hybridized carbons (Fsp3) is 0.917. The van der Waals surface area contributed by atoms with Crippen molar-refractivity contribution in [1.82, 2.24) is 5.32 Å². The third-order valence-corrected chi connectivity index (χ3v) is 9.35. The van der Waals surface area contributed by atoms with Gasteiger partial charge in [0, 0.05) is 13.0 Å². The Morgan fingerprint density at radius 3 is 1.58 bits per heavy atom. The molecule has 5 N–H and O–H groups in total. The minimum absolute atomic E-state index is 0.0805. The summed E-state index contributed by atoms with van der Waals surface area (Å²) in [7, 11) is -4.32. The van der Waals surface area contributed by atoms with Crippen LogP contribution in [-0.4, -0.2) is 47.8 Å². The number of hydrogen-bond donors (Lipinski definition) is 4. The number of phosphoric acid groups is 1. The SMILES string of the molecule is CCCCCCC/C=C/C(O)C(COP(=O)(O)OCCN)NC(=O)CCCCCCCCCCCCCCCCCCCCC. The number of unbranched alkanes of at least 4 members (excludes halogenated alkanes) is 23. The van der Waals surface area contributed by atoms with E-state index in [0.29, 0.717) is 6.42 Å². The second-order valence-corrected chi connectivity index (χ2v) is 14.2. The minimum atomic E-state index is -4.32. The molecule has 0 aromatic rings. The number of carbonyl (C=O) groups excluding carboxylic acids is 1. The maximum absolute atomic E-state index is 12.6. The van der Waals surface area contributed by atoms with E-state index in [1.165, 1.54) is 122 Å². The van der Waals surface area contributed by atoms with Crippen molar-refractivity contribution in [1.29, 1.82) is 0 Å². The highest BCUT2D eigenvalue weighted by molar-refractivity contribution is 7.47. The van der Waals surface area contributed by atoms with Crippen molar-refractivity contribution in [2.24, 2.45) is 5.73 Å². The van der Waals surface area contributed by atoms with Crippen LogP contribution in [0.15, 0.2) is 12.2 Å². The Kier molecular flexibility index (Phi) is 32.6. The predicted octanol–water partition coefficient (Wildman–Crippen LogP) is 9.66. The first-order valence-corrected chi connectivity index (χ1v) is 20.3. The second-order valence-electron chi connectivity index (χ2n) is 12.8. The van der Waals surface area contributed by atoms with Gasteiger partial charge in [-0.05, 0) is 19.3 Å². The molecule has 0 rings (SSSR count). The standard InChI is InChI=1S/C36H73N2O6P/c1-3-5-7-9-11-12-13-14-15-16-17-18-19-20-21-22-24-26-28-30-36(40)38-34(33-44-45(41,42)43-32-31-37)35(39)29-27-25-23-10-8-6-4-2/h27,29,34-35,39H,3-26,28,30-33,37H2,1-2H3,(H,38,40)(H,41,42)/b29-27+. The summed E-state index contributed by atoms with van der Waals surface area (Å²) in [5, 5.41) is 13.5. The van der Waals surface area contributed by atoms with Crippen molar-refractivity contribution in [3.05, 3.63) is 12.2 Å². The number of nitrogens with one attached hydrogen (secondary N) is 1. The largest absolute Gasteiger partial charge is 0.472 e. The highest BCUT2D eigenvalue weighted by Crippen LogP contribution is 2.43. The topological polar surface area (TPSA) is 131 Å². The van der Waals surface area contributed by atoms with Crippen LogP contribution in [0.1, 0.15) is 181 Å². The molecule has 0 spiro atoms. The molecule has 45 heavy (non-hydrogen) atoms. The van der Waals surface area contributed by atoms with E-state index >= 15 is 0 Å². The summed E-state index contributed by atoms with van der Waals surface area (Å²) >= 11 is 0. The highest BCUT2D eigenvalue weighted by Gasteiger charge is 2.26. The summed E-state index contributed by atoms with van der Waals surface area (Å²) in [6, 6.07) is -0.851. The van der Waals surface area contributed by atoms with Crippen LogP contribution in [0.25, 0.3) is 0 Å². The Bertz CT molecular complexity index is 724. The molecular formula is C36H73N2O6P. The lowest BCUT2D eigenvalue weighted by molar-refractivity contribution is -0.123. The Balaban J connectivity index is 4.07. The number of amides is 1. The number of nitrogens with two attached hydrogens (primary N) is 1. The summed E-state index contributed by atoms with van der Waals surface area (Å²) in [5.74, 6) is -0.196. The quantitative estimate of drug-likeness (QED) is 0.0302. The molecule has 1 amide bonds. The van der Waals surface area contributed by atoms with Crippen LogP contribution in [0.2, 0.25) is 0 Å². The summed E-state index contributed by atoms with van der Waals surface area (Å²) in [6.07, 6.45) is 34.2. The van der Waals surface area contributed by atoms with Crippen molar-refractivity contribution >= 4 is 13.7 Å². The van der Waals surface area contributed by atoms with Crippen LogP contribution in [0.5, 0.6) is 0 Å². The van der Waals surface area contributed by atoms with Gasteiger partial charge < -0.3 is 21.1 Å². The number of carbonyl (C=O) groups is 1. The molecule has 0 radical (unpaired) electrons. The third-order valence-electron chi connectivity index (χ3n) is 8.36. The van der Waals surface area contributed by atoms with Crippen molar-refractivity contribution < 1.29 is 28.4 Å². The molecule has 0 aliphatic heterocycles. The van der Waals surface area contributed by atoms with Gasteiger partial charge in [-0.2, -0.15) is 0 Å². The van der Waals surface area contributed by atoms with Gasteiger partial charge in [0.15, 0.2) is 0 Å². The monoisotopic (exact) mass is 661 g/mol. The van der Waals surface area contributed by atoms with Crippen LogP contribution in [0.4, 0.5) is 0 Å². The Labute approximate surface area is 277 Å². The lowest BCUT2D eigenvalue weighted by Crippen LogP contribution is -2.45. The second kappa shape index (κ2) is 33.2. The fourth-order valence-electron chi connectivity index (χ4n) is 5.48. The summed E-state index contributed by atoms with van der Waals surface area (Å²) < 4.78 is 21.9. The van der Waals surface area contributed by atoms with E-state index in [-0.39, 0.29) is 25.7 Å². The van der Waals surface area contributed by atoms with Gasteiger partial charge in [-0.25, -0.2) is 4.57 Å². The fourth-order valence-corrected chi connectivity index (χ4v) is 6.24. The average molecular weight is 661 g/mol. The van der Waals surface area contributed by atoms with Crippen molar-refractivity contribution in [3.8, 4) is 0 Å². The molecule has 0 fully saturated rings. The van der Waals surface area contributed by atoms with Gasteiger partial charge >= 0.3 is 7.82 Å². The molecular weight excluding hydrogens is 587 g/mol. The zero-order chi connectivity index (χ0) is 33.3. The van der Waals surface area contributed by atoms with Gasteiger partial charge in [0.05, 0.1) is 25.4 Å². The average Bonchev–Trinajstić information content (AvgIpc) is 3.02. The Morgan fingerprint density at radius 2 is 1.13 bits per heavy atom. The van der Waals surface area contributed by atoms with E-state index in [1.54, 1.807) is 6.08 Å². The normalized spacial score (nSPS) is 14.5. The zero-order valence-electron chi connectivity index (χ0n) is 29.4. The van der Waals surface area contributed by atoms with Crippen molar-refractivity contribution in [3.63, 3.8) is 0 Å². The molecule has 0 heterocycles. The molecule has 0 bridgehead atoms. The van der Waals surface area contributed by atoms with E-state index in [1.807, 2.05) is 6.08 Å². The molecule has 3 atom stereocenters. The summed E-state index contributed by atoms with van der Waals surface area (Å²) in [5.41, 5.74) is 5.33. The maximum Gasteiger partial charge on any atom is 0.472 e. The van der Waals surface area contributed by atoms with Gasteiger partial charge in [-0.15, -0.1) is 0 Å². The number of hydrogen-bond acceptors (Lipinski definition) is 6. The Morgan fingerprint density at radius 1 is 0.711 bits per heavy atom. The van der Waals surface area contributed by atoms with E-state index in [0.717, 1.165) is 38.5 Å². The van der Waals surface area contributed by atoms with Crippen LogP contribution in [-0.2, 0) is 18.4 Å². The van der Waals surface area contributed by atoms with E-state index in [2.05, 4.69) is 19.2 Å². The summed E-state index contributed by atoms with van der Waals surface area (Å²) in [4.78, 5) is 22.5. The van der Waals surface area contributed by atoms with Gasteiger partial charge in [-0.3, -0.25) is 13.8 Å². The van der Waals surface area contributed by atoms with Gasteiger partial charge in [0.25, 0.3) is 0 Å². The highest BCUT2D eigenvalue weighted by atomic mass is 31.2. The molecule has 9 heteroatoms. The zero-order valence-corrected chi connectivity index (χ0v) is 30.3. The number of rotatable bonds is 35. The molecule has 3 unspecified atom stereocenters. The van der Waals surface area contributed by atoms with Crippen molar-refractivity contribution in [2.45, 2.75) is 193 Å². The molecule has 0 aromatic heterocycles. The van der Waals surface area contributed by atoms with Gasteiger partial charge in [0.2, 0.25) is 5.91 Å². The van der Waals surface area contributed by atoms with E-state index in [9.17, 15) is 19.4 Å². The number of aliphatic hydroxyl groups is 1. The third kappa shape index (κ3) is 31.6. The van der Waals surface area contributed by atoms with Gasteiger partial charge in [-0.1, -0.05) is 167 Å². The molecule has 0 aliphatic rings. The number of allylic oxidation sites excluding steroid dienone is 1. The number of aliphatic hydroxyl groups excluding tert-OH is 1. The van der Waals surface area contributed by atoms with E-state index in [4.69, 9.17) is 14.8 Å². The molecule has 0 saturated heterocycles. The van der Waals surface area contributed by atoms with Crippen LogP contribution < -0.4 is 11.1 Å². The molecule has 8 nitrogen and oxygen atoms in total. The summed E-state index contributed by atoms with van der Waals surface area (Å²) in [6.45, 7) is 4.07. The van der Waals surface area contributed by atoms with E-state index < -0.39 is 20.0 Å². The molecule has 0 saturated carbocycles. The first kappa shape index (κ1) is 44.2. The smallest absolute Gasteiger partial charge is 0.387 e. The maximum atomic E-state index is 12.6. The molecule has 268 valence electrons. The molecule has 0 aliphatic carbocycles. The van der Waals surface area contributed by atoms with Crippen LogP contribution in [0, 0.1) is 0 Å².